The van der Waals surface area contributed by atoms with Gasteiger partial charge in [-0.1, -0.05) is 12.1 Å². The van der Waals surface area contributed by atoms with Gasteiger partial charge in [-0.05, 0) is 25.5 Å². The van der Waals surface area contributed by atoms with Gasteiger partial charge in [-0.3, -0.25) is 9.69 Å². The predicted molar refractivity (Wildman–Crippen MR) is 83.3 cm³/mol. The van der Waals surface area contributed by atoms with Crippen LogP contribution in [-0.4, -0.2) is 41.6 Å². The van der Waals surface area contributed by atoms with Crippen molar-refractivity contribution in [1.29, 1.82) is 0 Å². The Hall–Kier alpha value is -1.92. The summed E-state index contributed by atoms with van der Waals surface area (Å²) in [6, 6.07) is 3.48. The number of nitrogens with zero attached hydrogens (tertiary/aromatic N) is 2. The molecule has 0 amide bonds. The van der Waals surface area contributed by atoms with Gasteiger partial charge in [0.05, 0.1) is 25.2 Å². The van der Waals surface area contributed by atoms with E-state index < -0.39 is 0 Å². The van der Waals surface area contributed by atoms with Crippen LogP contribution in [0.25, 0.3) is 0 Å². The summed E-state index contributed by atoms with van der Waals surface area (Å²) in [5, 5.41) is 4.11. The molecule has 2 aromatic rings. The van der Waals surface area contributed by atoms with Crippen LogP contribution in [-0.2, 0) is 17.7 Å². The number of carbonyl (C=O) groups excluding carboxylic acids is 1. The van der Waals surface area contributed by atoms with Crippen LogP contribution < -0.4 is 0 Å². The Labute approximate surface area is 135 Å². The van der Waals surface area contributed by atoms with E-state index in [1.54, 1.807) is 12.1 Å². The van der Waals surface area contributed by atoms with Gasteiger partial charge in [-0.2, -0.15) is 0 Å². The quantitative estimate of drug-likeness (QED) is 0.763. The van der Waals surface area contributed by atoms with E-state index in [2.05, 4.69) is 17.0 Å². The number of rotatable bonds is 6. The fourth-order valence-corrected chi connectivity index (χ4v) is 2.96. The van der Waals surface area contributed by atoms with Crippen molar-refractivity contribution in [2.24, 2.45) is 0 Å². The van der Waals surface area contributed by atoms with E-state index in [9.17, 15) is 4.79 Å². The Bertz CT molecular complexity index is 648. The van der Waals surface area contributed by atoms with E-state index in [0.29, 0.717) is 25.4 Å². The molecule has 124 valence electrons. The van der Waals surface area contributed by atoms with Crippen LogP contribution in [0.2, 0.25) is 0 Å². The van der Waals surface area contributed by atoms with E-state index in [0.717, 1.165) is 36.5 Å². The minimum Gasteiger partial charge on any atom is -0.461 e. The minimum atomic E-state index is 0.00764. The normalized spacial score (nSPS) is 19.1. The molecular weight excluding hydrogens is 296 g/mol. The SMILES string of the molecule is CCc1noc(C)c1CN1CCOC[C@@H]1CC(=O)c1ccco1. The van der Waals surface area contributed by atoms with Gasteiger partial charge in [0.1, 0.15) is 5.76 Å². The maximum Gasteiger partial charge on any atom is 0.199 e. The molecule has 6 heteroatoms. The van der Waals surface area contributed by atoms with Gasteiger partial charge in [0.2, 0.25) is 0 Å². The van der Waals surface area contributed by atoms with E-state index in [1.165, 1.54) is 6.26 Å². The predicted octanol–water partition coefficient (Wildman–Crippen LogP) is 2.61. The standard InChI is InChI=1S/C17H22N2O4/c1-3-15-14(12(2)23-18-15)10-19-6-8-21-11-13(19)9-16(20)17-5-4-7-22-17/h4-5,7,13H,3,6,8-11H2,1-2H3/t13-/m0/s1. The zero-order chi connectivity index (χ0) is 16.2. The van der Waals surface area contributed by atoms with Crippen LogP contribution in [0.15, 0.2) is 27.3 Å². The van der Waals surface area contributed by atoms with Crippen LogP contribution in [0.3, 0.4) is 0 Å². The van der Waals surface area contributed by atoms with E-state index >= 15 is 0 Å². The Morgan fingerprint density at radius 2 is 2.35 bits per heavy atom. The smallest absolute Gasteiger partial charge is 0.199 e. The molecule has 1 aliphatic heterocycles. The summed E-state index contributed by atoms with van der Waals surface area (Å²) in [6.07, 6.45) is 2.75. The molecule has 23 heavy (non-hydrogen) atoms. The third-order valence-electron chi connectivity index (χ3n) is 4.33. The van der Waals surface area contributed by atoms with Gasteiger partial charge >= 0.3 is 0 Å². The van der Waals surface area contributed by atoms with Crippen molar-refractivity contribution in [3.63, 3.8) is 0 Å². The molecule has 0 saturated carbocycles. The van der Waals surface area contributed by atoms with Gasteiger partial charge in [0.15, 0.2) is 11.5 Å². The molecule has 0 unspecified atom stereocenters. The Kier molecular flexibility index (Phi) is 4.93. The van der Waals surface area contributed by atoms with Crippen molar-refractivity contribution in [2.45, 2.75) is 39.3 Å². The average molecular weight is 318 g/mol. The number of ether oxygens (including phenoxy) is 1. The molecular formula is C17H22N2O4. The van der Waals surface area contributed by atoms with Crippen molar-refractivity contribution in [3.8, 4) is 0 Å². The molecule has 0 spiro atoms. The highest BCUT2D eigenvalue weighted by Crippen LogP contribution is 2.21. The molecule has 3 heterocycles. The lowest BCUT2D eigenvalue weighted by Gasteiger charge is -2.35. The zero-order valence-corrected chi connectivity index (χ0v) is 13.6. The number of Topliss-reactive ketones (excluding diaryl/α,β-unsaturated/α-hetero) is 1. The Balaban J connectivity index is 1.71. The molecule has 1 fully saturated rings. The zero-order valence-electron chi connectivity index (χ0n) is 13.6. The second-order valence-corrected chi connectivity index (χ2v) is 5.82. The summed E-state index contributed by atoms with van der Waals surface area (Å²) in [6.45, 7) is 6.76. The highest BCUT2D eigenvalue weighted by atomic mass is 16.5. The van der Waals surface area contributed by atoms with Crippen LogP contribution in [0, 0.1) is 6.92 Å². The number of carbonyl (C=O) groups is 1. The average Bonchev–Trinajstić information content (AvgIpc) is 3.20. The molecule has 1 saturated heterocycles. The first-order valence-corrected chi connectivity index (χ1v) is 8.01. The largest absolute Gasteiger partial charge is 0.461 e. The summed E-state index contributed by atoms with van der Waals surface area (Å²) in [5.41, 5.74) is 2.12. The maximum absolute atomic E-state index is 12.3. The van der Waals surface area contributed by atoms with Crippen LogP contribution in [0.4, 0.5) is 0 Å². The molecule has 1 atom stereocenters. The van der Waals surface area contributed by atoms with Crippen LogP contribution in [0.1, 0.15) is 40.9 Å². The Morgan fingerprint density at radius 3 is 3.09 bits per heavy atom. The number of hydrogen-bond acceptors (Lipinski definition) is 6. The number of aromatic nitrogens is 1. The molecule has 0 aromatic carbocycles. The lowest BCUT2D eigenvalue weighted by atomic mass is 10.0. The second-order valence-electron chi connectivity index (χ2n) is 5.82. The molecule has 0 radical (unpaired) electrons. The van der Waals surface area contributed by atoms with Crippen molar-refractivity contribution in [2.75, 3.05) is 19.8 Å². The van der Waals surface area contributed by atoms with E-state index in [4.69, 9.17) is 13.7 Å². The summed E-state index contributed by atoms with van der Waals surface area (Å²) >= 11 is 0. The maximum atomic E-state index is 12.3. The van der Waals surface area contributed by atoms with E-state index in [1.807, 2.05) is 6.92 Å². The third kappa shape index (κ3) is 3.54. The highest BCUT2D eigenvalue weighted by Gasteiger charge is 2.28. The van der Waals surface area contributed by atoms with Crippen molar-refractivity contribution in [3.05, 3.63) is 41.2 Å². The number of ketones is 1. The van der Waals surface area contributed by atoms with Gasteiger partial charge < -0.3 is 13.7 Å². The van der Waals surface area contributed by atoms with Gasteiger partial charge in [-0.15, -0.1) is 0 Å². The number of hydrogen-bond donors (Lipinski definition) is 0. The topological polar surface area (TPSA) is 68.7 Å². The number of aryl methyl sites for hydroxylation is 2. The second kappa shape index (κ2) is 7.10. The molecule has 1 aliphatic rings. The third-order valence-corrected chi connectivity index (χ3v) is 4.33. The van der Waals surface area contributed by atoms with Crippen LogP contribution in [0.5, 0.6) is 0 Å². The minimum absolute atomic E-state index is 0.00764. The summed E-state index contributed by atoms with van der Waals surface area (Å²) in [5.74, 6) is 1.27. The molecule has 0 N–H and O–H groups in total. The lowest BCUT2D eigenvalue weighted by Crippen LogP contribution is -2.46. The molecule has 2 aromatic heterocycles. The molecule has 0 bridgehead atoms. The highest BCUT2D eigenvalue weighted by molar-refractivity contribution is 5.93. The first-order chi connectivity index (χ1) is 11.2. The monoisotopic (exact) mass is 318 g/mol. The first-order valence-electron chi connectivity index (χ1n) is 8.01. The van der Waals surface area contributed by atoms with Crippen molar-refractivity contribution in [1.82, 2.24) is 10.1 Å². The molecule has 3 rings (SSSR count). The van der Waals surface area contributed by atoms with Gasteiger partial charge in [0.25, 0.3) is 0 Å². The summed E-state index contributed by atoms with van der Waals surface area (Å²) < 4.78 is 16.1. The molecule has 6 nitrogen and oxygen atoms in total. The fourth-order valence-electron chi connectivity index (χ4n) is 2.96. The summed E-state index contributed by atoms with van der Waals surface area (Å²) in [7, 11) is 0. The van der Waals surface area contributed by atoms with Gasteiger partial charge in [-0.25, -0.2) is 0 Å². The fraction of sp³-hybridized carbons (Fsp3) is 0.529. The first kappa shape index (κ1) is 16.0. The van der Waals surface area contributed by atoms with Crippen molar-refractivity contribution < 1.29 is 18.5 Å². The number of furan rings is 1. The van der Waals surface area contributed by atoms with E-state index in [-0.39, 0.29) is 11.8 Å². The lowest BCUT2D eigenvalue weighted by molar-refractivity contribution is -0.0130. The van der Waals surface area contributed by atoms with Crippen molar-refractivity contribution >= 4 is 5.78 Å². The summed E-state index contributed by atoms with van der Waals surface area (Å²) in [4.78, 5) is 14.6. The number of morpholine rings is 1. The van der Waals surface area contributed by atoms with Crippen LogP contribution >= 0.6 is 0 Å². The van der Waals surface area contributed by atoms with Gasteiger partial charge in [0, 0.05) is 31.1 Å². The molecule has 0 aliphatic carbocycles. The Morgan fingerprint density at radius 1 is 1.48 bits per heavy atom.